The van der Waals surface area contributed by atoms with Crippen LogP contribution in [0, 0.1) is 41.5 Å². The van der Waals surface area contributed by atoms with Crippen molar-refractivity contribution >= 4 is 54.1 Å². The monoisotopic (exact) mass is 755 g/mol. The van der Waals surface area contributed by atoms with Crippen molar-refractivity contribution < 1.29 is 0 Å². The smallest absolute Gasteiger partial charge is 0.0541 e. The van der Waals surface area contributed by atoms with E-state index in [-0.39, 0.29) is 0 Å². The third-order valence-electron chi connectivity index (χ3n) is 12.9. The molecule has 0 atom stereocenters. The van der Waals surface area contributed by atoms with E-state index in [9.17, 15) is 0 Å². The Morgan fingerprint density at radius 2 is 0.661 bits per heavy atom. The van der Waals surface area contributed by atoms with Crippen molar-refractivity contribution in [1.82, 2.24) is 4.57 Å². The Kier molecular flexibility index (Phi) is 7.94. The van der Waals surface area contributed by atoms with Crippen molar-refractivity contribution in [2.24, 2.45) is 0 Å². The standard InChI is InChI=1S/C58H45N/c1-34-15-22-42(37(4)29-34)52-32-51(40-18-20-41(21-19-40)59-55-13-9-7-11-45(55)46-12-8-10-14-56(46)59)47-25-26-49-53(43-23-16-35(2)30-38(43)5)33-54(44-24-17-36(3)31-39(44)6)50-28-27-48(52)57(47)58(49)50/h7-33H,1-6H3. The Balaban J connectivity index is 1.23. The summed E-state index contributed by atoms with van der Waals surface area (Å²) in [5.74, 6) is 0. The minimum Gasteiger partial charge on any atom is -0.309 e. The first-order valence-corrected chi connectivity index (χ1v) is 20.8. The lowest BCUT2D eigenvalue weighted by atomic mass is 9.80. The van der Waals surface area contributed by atoms with Gasteiger partial charge in [-0.15, -0.1) is 0 Å². The van der Waals surface area contributed by atoms with Gasteiger partial charge in [0, 0.05) is 16.5 Å². The van der Waals surface area contributed by atoms with Crippen LogP contribution in [0.1, 0.15) is 33.4 Å². The van der Waals surface area contributed by atoms with Gasteiger partial charge in [0.15, 0.2) is 0 Å². The molecule has 0 fully saturated rings. The van der Waals surface area contributed by atoms with Gasteiger partial charge in [0.05, 0.1) is 11.0 Å². The first-order valence-electron chi connectivity index (χ1n) is 20.8. The number of benzene rings is 10. The second-order valence-corrected chi connectivity index (χ2v) is 16.9. The van der Waals surface area contributed by atoms with Crippen LogP contribution in [0.15, 0.2) is 164 Å². The normalized spacial score (nSPS) is 11.9. The van der Waals surface area contributed by atoms with Gasteiger partial charge >= 0.3 is 0 Å². The van der Waals surface area contributed by atoms with E-state index in [0.29, 0.717) is 0 Å². The zero-order valence-corrected chi connectivity index (χ0v) is 34.5. The Bertz CT molecular complexity index is 3360. The van der Waals surface area contributed by atoms with Gasteiger partial charge in [-0.05, 0) is 171 Å². The fraction of sp³-hybridized carbons (Fsp3) is 0.103. The molecule has 0 bridgehead atoms. The number of para-hydroxylation sites is 2. The fourth-order valence-electron chi connectivity index (χ4n) is 10.2. The van der Waals surface area contributed by atoms with Gasteiger partial charge in [-0.2, -0.15) is 0 Å². The Labute approximate surface area is 346 Å². The minimum atomic E-state index is 1.16. The molecule has 0 unspecified atom stereocenters. The van der Waals surface area contributed by atoms with Gasteiger partial charge in [-0.1, -0.05) is 144 Å². The molecule has 0 aliphatic carbocycles. The van der Waals surface area contributed by atoms with Crippen LogP contribution >= 0.6 is 0 Å². The summed E-state index contributed by atoms with van der Waals surface area (Å²) in [6, 6.07) is 62.0. The number of fused-ring (bicyclic) bond motifs is 3. The highest BCUT2D eigenvalue weighted by atomic mass is 15.0. The second-order valence-electron chi connectivity index (χ2n) is 16.9. The summed E-state index contributed by atoms with van der Waals surface area (Å²) in [7, 11) is 0. The first kappa shape index (κ1) is 35.2. The predicted molar refractivity (Wildman–Crippen MR) is 255 cm³/mol. The first-order chi connectivity index (χ1) is 28.7. The summed E-state index contributed by atoms with van der Waals surface area (Å²) >= 11 is 0. The van der Waals surface area contributed by atoms with E-state index in [1.54, 1.807) is 0 Å². The van der Waals surface area contributed by atoms with Crippen molar-refractivity contribution in [3.8, 4) is 50.2 Å². The summed E-state index contributed by atoms with van der Waals surface area (Å²) in [5.41, 5.74) is 21.5. The van der Waals surface area contributed by atoms with Crippen LogP contribution in [-0.2, 0) is 0 Å². The summed E-state index contributed by atoms with van der Waals surface area (Å²) in [6.45, 7) is 13.3. The Morgan fingerprint density at radius 1 is 0.288 bits per heavy atom. The SMILES string of the molecule is Cc1ccc(-c2cc(-c3ccc(-n4c5ccccc5c5ccccc54)cc3)c3ccc4c(-c5ccc(C)cc5C)cc(-c5ccc(C)cc5C)c5ccc2c3c45)c(C)c1. The molecule has 0 spiro atoms. The minimum absolute atomic E-state index is 1.16. The molecule has 0 aliphatic rings. The molecule has 0 saturated heterocycles. The maximum Gasteiger partial charge on any atom is 0.0541 e. The van der Waals surface area contributed by atoms with E-state index in [4.69, 9.17) is 0 Å². The average molecular weight is 756 g/mol. The van der Waals surface area contributed by atoms with Crippen molar-refractivity contribution in [1.29, 1.82) is 0 Å². The molecule has 59 heavy (non-hydrogen) atoms. The molecular formula is C58H45N. The van der Waals surface area contributed by atoms with Crippen LogP contribution < -0.4 is 0 Å². The summed E-state index contributed by atoms with van der Waals surface area (Å²) in [4.78, 5) is 0. The van der Waals surface area contributed by atoms with Crippen LogP contribution in [-0.4, -0.2) is 4.57 Å². The molecule has 1 nitrogen and oxygen atoms in total. The fourth-order valence-corrected chi connectivity index (χ4v) is 10.2. The van der Waals surface area contributed by atoms with Crippen LogP contribution in [0.4, 0.5) is 0 Å². The van der Waals surface area contributed by atoms with Crippen LogP contribution in [0.3, 0.4) is 0 Å². The number of aromatic nitrogens is 1. The summed E-state index contributed by atoms with van der Waals surface area (Å²) in [6.07, 6.45) is 0. The molecular weight excluding hydrogens is 711 g/mol. The molecule has 0 amide bonds. The molecule has 0 saturated carbocycles. The molecule has 0 N–H and O–H groups in total. The number of hydrogen-bond acceptors (Lipinski definition) is 0. The molecule has 11 aromatic rings. The molecule has 11 rings (SSSR count). The van der Waals surface area contributed by atoms with Crippen LogP contribution in [0.25, 0.3) is 104 Å². The number of hydrogen-bond donors (Lipinski definition) is 0. The lowest BCUT2D eigenvalue weighted by Crippen LogP contribution is -1.97. The number of nitrogens with zero attached hydrogens (tertiary/aromatic N) is 1. The van der Waals surface area contributed by atoms with Gasteiger partial charge < -0.3 is 4.57 Å². The van der Waals surface area contributed by atoms with Gasteiger partial charge in [0.2, 0.25) is 0 Å². The largest absolute Gasteiger partial charge is 0.309 e. The number of rotatable bonds is 5. The molecule has 0 radical (unpaired) electrons. The topological polar surface area (TPSA) is 4.93 Å². The van der Waals surface area contributed by atoms with E-state index in [1.165, 1.54) is 132 Å². The second kappa shape index (κ2) is 13.3. The molecule has 1 heterocycles. The molecule has 0 aliphatic heterocycles. The van der Waals surface area contributed by atoms with E-state index in [0.717, 1.165) is 5.69 Å². The molecule has 1 aromatic heterocycles. The van der Waals surface area contributed by atoms with E-state index in [1.807, 2.05) is 0 Å². The zero-order chi connectivity index (χ0) is 40.1. The highest BCUT2D eigenvalue weighted by Gasteiger charge is 2.23. The van der Waals surface area contributed by atoms with Crippen molar-refractivity contribution in [2.45, 2.75) is 41.5 Å². The average Bonchev–Trinajstić information content (AvgIpc) is 3.57. The third kappa shape index (κ3) is 5.45. The van der Waals surface area contributed by atoms with Gasteiger partial charge in [0.25, 0.3) is 0 Å². The lowest BCUT2D eigenvalue weighted by Gasteiger charge is -2.23. The zero-order valence-electron chi connectivity index (χ0n) is 34.5. The van der Waals surface area contributed by atoms with Gasteiger partial charge in [0.1, 0.15) is 0 Å². The van der Waals surface area contributed by atoms with E-state index < -0.39 is 0 Å². The lowest BCUT2D eigenvalue weighted by molar-refractivity contribution is 1.18. The Hall–Kier alpha value is -6.96. The maximum atomic E-state index is 2.47. The summed E-state index contributed by atoms with van der Waals surface area (Å²) < 4.78 is 2.41. The highest BCUT2D eigenvalue weighted by Crippen LogP contribution is 2.49. The maximum absolute atomic E-state index is 2.47. The summed E-state index contributed by atoms with van der Waals surface area (Å²) in [5, 5.41) is 10.4. The quantitative estimate of drug-likeness (QED) is 0.154. The Morgan fingerprint density at radius 3 is 1.07 bits per heavy atom. The highest BCUT2D eigenvalue weighted by molar-refractivity contribution is 6.32. The van der Waals surface area contributed by atoms with E-state index in [2.05, 4.69) is 210 Å². The van der Waals surface area contributed by atoms with Gasteiger partial charge in [-0.25, -0.2) is 0 Å². The van der Waals surface area contributed by atoms with Crippen LogP contribution in [0.5, 0.6) is 0 Å². The third-order valence-corrected chi connectivity index (χ3v) is 12.9. The van der Waals surface area contributed by atoms with Crippen LogP contribution in [0.2, 0.25) is 0 Å². The van der Waals surface area contributed by atoms with Gasteiger partial charge in [-0.3, -0.25) is 0 Å². The number of aryl methyl sites for hydroxylation is 6. The molecule has 1 heteroatoms. The molecule has 282 valence electrons. The van der Waals surface area contributed by atoms with Crippen molar-refractivity contribution in [3.05, 3.63) is 197 Å². The van der Waals surface area contributed by atoms with E-state index >= 15 is 0 Å². The predicted octanol–water partition coefficient (Wildman–Crippen LogP) is 16.2. The molecule has 10 aromatic carbocycles. The van der Waals surface area contributed by atoms with Crippen molar-refractivity contribution in [3.63, 3.8) is 0 Å². The van der Waals surface area contributed by atoms with Crippen molar-refractivity contribution in [2.75, 3.05) is 0 Å².